The Bertz CT molecular complexity index is 319. The molecule has 2 atom stereocenters. The normalized spacial score (nSPS) is 14.7. The zero-order valence-electron chi connectivity index (χ0n) is 10.8. The van der Waals surface area contributed by atoms with E-state index in [1.807, 2.05) is 0 Å². The Balaban J connectivity index is 4.18. The molecule has 0 aliphatic rings. The molecular formula is C10H20N4O4. The number of amides is 2. The number of nitrogens with two attached hydrogens (primary N) is 1. The summed E-state index contributed by atoms with van der Waals surface area (Å²) in [4.78, 5) is 23.1. The van der Waals surface area contributed by atoms with Crippen LogP contribution in [0, 0.1) is 5.92 Å². The lowest BCUT2D eigenvalue weighted by Gasteiger charge is -2.16. The molecule has 0 bridgehead atoms. The number of methoxy groups -OCH3 is 1. The van der Waals surface area contributed by atoms with Gasteiger partial charge in [0, 0.05) is 13.7 Å². The Morgan fingerprint density at radius 1 is 1.39 bits per heavy atom. The van der Waals surface area contributed by atoms with Crippen LogP contribution in [0.25, 0.3) is 0 Å². The first-order valence-corrected chi connectivity index (χ1v) is 5.48. The molecule has 0 aromatic heterocycles. The van der Waals surface area contributed by atoms with Crippen molar-refractivity contribution in [3.63, 3.8) is 0 Å². The van der Waals surface area contributed by atoms with Crippen molar-refractivity contribution in [3.8, 4) is 0 Å². The lowest BCUT2D eigenvalue weighted by molar-refractivity contribution is -0.129. The van der Waals surface area contributed by atoms with Crippen molar-refractivity contribution in [1.82, 2.24) is 10.6 Å². The standard InChI is InChI=1S/C10H20N4O4/c1-6(8(11)14-17)9(15)13-7(2)10(16)12-4-5-18-3/h6-7,17H,4-5H2,1-3H3,(H2,11,14)(H,12,16)(H,13,15). The molecule has 0 saturated carbocycles. The van der Waals surface area contributed by atoms with Gasteiger partial charge >= 0.3 is 0 Å². The van der Waals surface area contributed by atoms with Crippen LogP contribution in [-0.2, 0) is 14.3 Å². The smallest absolute Gasteiger partial charge is 0.242 e. The molecule has 0 saturated heterocycles. The van der Waals surface area contributed by atoms with Crippen molar-refractivity contribution in [1.29, 1.82) is 0 Å². The second-order valence-electron chi connectivity index (χ2n) is 3.76. The summed E-state index contributed by atoms with van der Waals surface area (Å²) >= 11 is 0. The van der Waals surface area contributed by atoms with Crippen LogP contribution >= 0.6 is 0 Å². The topological polar surface area (TPSA) is 126 Å². The van der Waals surface area contributed by atoms with Crippen LogP contribution in [0.1, 0.15) is 13.8 Å². The largest absolute Gasteiger partial charge is 0.409 e. The average Bonchev–Trinajstić information content (AvgIpc) is 2.36. The number of carbonyl (C=O) groups excluding carboxylic acids is 2. The third kappa shape index (κ3) is 5.48. The summed E-state index contributed by atoms with van der Waals surface area (Å²) in [7, 11) is 1.52. The number of hydrogen-bond acceptors (Lipinski definition) is 5. The number of hydrogen-bond donors (Lipinski definition) is 4. The van der Waals surface area contributed by atoms with Gasteiger partial charge in [-0.25, -0.2) is 0 Å². The average molecular weight is 260 g/mol. The van der Waals surface area contributed by atoms with E-state index in [4.69, 9.17) is 15.7 Å². The third-order valence-corrected chi connectivity index (χ3v) is 2.31. The minimum atomic E-state index is -0.802. The Labute approximate surface area is 106 Å². The van der Waals surface area contributed by atoms with Crippen molar-refractivity contribution >= 4 is 17.6 Å². The fraction of sp³-hybridized carbons (Fsp3) is 0.700. The van der Waals surface area contributed by atoms with E-state index < -0.39 is 17.9 Å². The van der Waals surface area contributed by atoms with Gasteiger partial charge in [0.2, 0.25) is 11.8 Å². The van der Waals surface area contributed by atoms with E-state index in [2.05, 4.69) is 15.8 Å². The van der Waals surface area contributed by atoms with Crippen molar-refractivity contribution in [3.05, 3.63) is 0 Å². The molecule has 0 radical (unpaired) electrons. The summed E-state index contributed by atoms with van der Waals surface area (Å²) in [5.74, 6) is -1.82. The summed E-state index contributed by atoms with van der Waals surface area (Å²) in [6.07, 6.45) is 0. The monoisotopic (exact) mass is 260 g/mol. The molecule has 8 heteroatoms. The highest BCUT2D eigenvalue weighted by Gasteiger charge is 2.22. The third-order valence-electron chi connectivity index (χ3n) is 2.31. The maximum absolute atomic E-state index is 11.6. The van der Waals surface area contributed by atoms with Gasteiger partial charge in [-0.15, -0.1) is 0 Å². The minimum Gasteiger partial charge on any atom is -0.409 e. The van der Waals surface area contributed by atoms with Crippen LogP contribution in [0.3, 0.4) is 0 Å². The Morgan fingerprint density at radius 3 is 2.50 bits per heavy atom. The Kier molecular flexibility index (Phi) is 7.45. The zero-order chi connectivity index (χ0) is 14.1. The van der Waals surface area contributed by atoms with Gasteiger partial charge in [-0.05, 0) is 13.8 Å². The molecule has 0 spiro atoms. The molecule has 0 rings (SSSR count). The van der Waals surface area contributed by atoms with Crippen LogP contribution in [0.5, 0.6) is 0 Å². The van der Waals surface area contributed by atoms with Crippen molar-refractivity contribution < 1.29 is 19.5 Å². The molecule has 0 aromatic carbocycles. The molecule has 2 amide bonds. The number of rotatable bonds is 7. The van der Waals surface area contributed by atoms with Gasteiger partial charge in [-0.1, -0.05) is 5.16 Å². The fourth-order valence-electron chi connectivity index (χ4n) is 1.05. The summed E-state index contributed by atoms with van der Waals surface area (Å²) in [6.45, 7) is 3.78. The van der Waals surface area contributed by atoms with Crippen LogP contribution in [0.2, 0.25) is 0 Å². The number of nitrogens with zero attached hydrogens (tertiary/aromatic N) is 1. The van der Waals surface area contributed by atoms with Gasteiger partial charge in [0.25, 0.3) is 0 Å². The number of nitrogens with one attached hydrogen (secondary N) is 2. The predicted octanol–water partition coefficient (Wildman–Crippen LogP) is -1.36. The second kappa shape index (κ2) is 8.29. The van der Waals surface area contributed by atoms with Crippen molar-refractivity contribution in [2.45, 2.75) is 19.9 Å². The Morgan fingerprint density at radius 2 is 2.00 bits per heavy atom. The summed E-state index contributed by atoms with van der Waals surface area (Å²) in [5, 5.41) is 16.2. The highest BCUT2D eigenvalue weighted by Crippen LogP contribution is 1.96. The van der Waals surface area contributed by atoms with Gasteiger partial charge < -0.3 is 26.3 Å². The molecule has 2 unspecified atom stereocenters. The molecular weight excluding hydrogens is 240 g/mol. The number of ether oxygens (including phenoxy) is 1. The first-order valence-electron chi connectivity index (χ1n) is 5.48. The van der Waals surface area contributed by atoms with E-state index in [1.165, 1.54) is 14.0 Å². The van der Waals surface area contributed by atoms with Crippen molar-refractivity contribution in [2.24, 2.45) is 16.8 Å². The quantitative estimate of drug-likeness (QED) is 0.148. The lowest BCUT2D eigenvalue weighted by Crippen LogP contribution is -2.48. The van der Waals surface area contributed by atoms with Gasteiger partial charge in [0.15, 0.2) is 5.84 Å². The van der Waals surface area contributed by atoms with Crippen LogP contribution in [0.15, 0.2) is 5.16 Å². The number of carbonyl (C=O) groups is 2. The van der Waals surface area contributed by atoms with E-state index in [9.17, 15) is 9.59 Å². The summed E-state index contributed by atoms with van der Waals surface area (Å²) in [5.41, 5.74) is 5.29. The fourth-order valence-corrected chi connectivity index (χ4v) is 1.05. The molecule has 0 aromatic rings. The second-order valence-corrected chi connectivity index (χ2v) is 3.76. The first-order chi connectivity index (χ1) is 8.43. The van der Waals surface area contributed by atoms with Gasteiger partial charge in [0.05, 0.1) is 12.5 Å². The summed E-state index contributed by atoms with van der Waals surface area (Å²) in [6, 6.07) is -0.705. The summed E-state index contributed by atoms with van der Waals surface area (Å²) < 4.78 is 4.78. The molecule has 0 aliphatic carbocycles. The Hall–Kier alpha value is -1.83. The minimum absolute atomic E-state index is 0.209. The number of amidine groups is 1. The molecule has 5 N–H and O–H groups in total. The molecule has 0 heterocycles. The van der Waals surface area contributed by atoms with E-state index in [-0.39, 0.29) is 11.7 Å². The highest BCUT2D eigenvalue weighted by molar-refractivity contribution is 6.02. The van der Waals surface area contributed by atoms with E-state index >= 15 is 0 Å². The molecule has 18 heavy (non-hydrogen) atoms. The number of oxime groups is 1. The van der Waals surface area contributed by atoms with Gasteiger partial charge in [-0.3, -0.25) is 9.59 Å². The SMILES string of the molecule is COCCNC(=O)C(C)NC(=O)C(C)C(N)=NO. The maximum atomic E-state index is 11.6. The van der Waals surface area contributed by atoms with Crippen LogP contribution in [-0.4, -0.2) is 49.2 Å². The van der Waals surface area contributed by atoms with Crippen LogP contribution in [0.4, 0.5) is 0 Å². The van der Waals surface area contributed by atoms with E-state index in [1.54, 1.807) is 6.92 Å². The first kappa shape index (κ1) is 16.2. The lowest BCUT2D eigenvalue weighted by atomic mass is 10.1. The molecule has 0 fully saturated rings. The van der Waals surface area contributed by atoms with E-state index in [0.29, 0.717) is 13.2 Å². The molecule has 8 nitrogen and oxygen atoms in total. The van der Waals surface area contributed by atoms with E-state index in [0.717, 1.165) is 0 Å². The maximum Gasteiger partial charge on any atom is 0.242 e. The highest BCUT2D eigenvalue weighted by atomic mass is 16.5. The van der Waals surface area contributed by atoms with Gasteiger partial charge in [-0.2, -0.15) is 0 Å². The predicted molar refractivity (Wildman–Crippen MR) is 65.1 cm³/mol. The van der Waals surface area contributed by atoms with Gasteiger partial charge in [0.1, 0.15) is 6.04 Å². The molecule has 0 aliphatic heterocycles. The molecule has 104 valence electrons. The van der Waals surface area contributed by atoms with Crippen molar-refractivity contribution in [2.75, 3.05) is 20.3 Å². The van der Waals surface area contributed by atoms with Crippen LogP contribution < -0.4 is 16.4 Å². The zero-order valence-corrected chi connectivity index (χ0v) is 10.8.